The van der Waals surface area contributed by atoms with E-state index in [1.165, 1.54) is 51.5 Å². The molecule has 0 spiro atoms. The lowest BCUT2D eigenvalue weighted by Gasteiger charge is -2.51. The molecule has 2 aliphatic rings. The van der Waals surface area contributed by atoms with E-state index >= 15 is 0 Å². The molecule has 2 heteroatoms. The molecule has 1 aliphatic carbocycles. The van der Waals surface area contributed by atoms with Gasteiger partial charge in [0.2, 0.25) is 0 Å². The van der Waals surface area contributed by atoms with Crippen molar-refractivity contribution in [1.29, 1.82) is 0 Å². The molecule has 1 atom stereocenters. The van der Waals surface area contributed by atoms with Crippen molar-refractivity contribution in [3.63, 3.8) is 0 Å². The Labute approximate surface area is 101 Å². The molecule has 0 radical (unpaired) electrons. The van der Waals surface area contributed by atoms with E-state index in [4.69, 9.17) is 5.73 Å². The number of piperidine rings is 1. The van der Waals surface area contributed by atoms with E-state index in [0.717, 1.165) is 18.5 Å². The van der Waals surface area contributed by atoms with Gasteiger partial charge in [-0.3, -0.25) is 4.90 Å². The first-order valence-electron chi connectivity index (χ1n) is 7.15. The lowest BCUT2D eigenvalue weighted by atomic mass is 9.74. The van der Waals surface area contributed by atoms with Crippen molar-refractivity contribution < 1.29 is 0 Å². The molecule has 1 unspecified atom stereocenters. The molecule has 1 aliphatic heterocycles. The predicted octanol–water partition coefficient (Wildman–Crippen LogP) is 2.77. The molecule has 0 aromatic rings. The second-order valence-electron chi connectivity index (χ2n) is 6.15. The van der Waals surface area contributed by atoms with Crippen LogP contribution in [0.2, 0.25) is 0 Å². The first-order valence-corrected chi connectivity index (χ1v) is 7.15. The number of nitrogens with two attached hydrogens (primary N) is 1. The van der Waals surface area contributed by atoms with Crippen LogP contribution in [0.3, 0.4) is 0 Å². The smallest absolute Gasteiger partial charge is 0.0334 e. The van der Waals surface area contributed by atoms with E-state index in [0.29, 0.717) is 5.54 Å². The topological polar surface area (TPSA) is 29.3 Å². The van der Waals surface area contributed by atoms with Crippen LogP contribution in [0.5, 0.6) is 0 Å². The van der Waals surface area contributed by atoms with Crippen LogP contribution in [0.4, 0.5) is 0 Å². The van der Waals surface area contributed by atoms with E-state index in [1.807, 2.05) is 0 Å². The third-order valence-electron chi connectivity index (χ3n) is 5.00. The maximum atomic E-state index is 6.14. The highest BCUT2D eigenvalue weighted by Crippen LogP contribution is 2.38. The highest BCUT2D eigenvalue weighted by molar-refractivity contribution is 4.98. The van der Waals surface area contributed by atoms with Gasteiger partial charge in [-0.05, 0) is 57.9 Å². The first-order chi connectivity index (χ1) is 7.68. The Morgan fingerprint density at radius 3 is 2.38 bits per heavy atom. The van der Waals surface area contributed by atoms with Crippen molar-refractivity contribution in [1.82, 2.24) is 4.90 Å². The standard InChI is InChI=1S/C14H28N2/c1-12-6-8-14(11-15,9-7-12)16-10-4-3-5-13(16)2/h12-13H,3-11,15H2,1-2H3. The van der Waals surface area contributed by atoms with Crippen molar-refractivity contribution >= 4 is 0 Å². The average Bonchev–Trinajstić information content (AvgIpc) is 2.32. The first kappa shape index (κ1) is 12.4. The molecule has 2 nitrogen and oxygen atoms in total. The van der Waals surface area contributed by atoms with Gasteiger partial charge < -0.3 is 5.73 Å². The number of hydrogen-bond donors (Lipinski definition) is 1. The van der Waals surface area contributed by atoms with E-state index in [2.05, 4.69) is 18.7 Å². The summed E-state index contributed by atoms with van der Waals surface area (Å²) in [6, 6.07) is 0.755. The summed E-state index contributed by atoms with van der Waals surface area (Å²) >= 11 is 0. The largest absolute Gasteiger partial charge is 0.329 e. The molecule has 0 bridgehead atoms. The van der Waals surface area contributed by atoms with Crippen LogP contribution in [0.1, 0.15) is 58.8 Å². The average molecular weight is 224 g/mol. The summed E-state index contributed by atoms with van der Waals surface area (Å²) in [4.78, 5) is 2.75. The molecule has 2 rings (SSSR count). The Kier molecular flexibility index (Phi) is 3.91. The minimum Gasteiger partial charge on any atom is -0.329 e. The van der Waals surface area contributed by atoms with E-state index in [9.17, 15) is 0 Å². The van der Waals surface area contributed by atoms with E-state index in [1.54, 1.807) is 0 Å². The predicted molar refractivity (Wildman–Crippen MR) is 69.4 cm³/mol. The summed E-state index contributed by atoms with van der Waals surface area (Å²) in [5.41, 5.74) is 6.49. The number of rotatable bonds is 2. The van der Waals surface area contributed by atoms with E-state index < -0.39 is 0 Å². The Morgan fingerprint density at radius 2 is 1.81 bits per heavy atom. The van der Waals surface area contributed by atoms with Crippen molar-refractivity contribution in [2.24, 2.45) is 11.7 Å². The monoisotopic (exact) mass is 224 g/mol. The van der Waals surface area contributed by atoms with Gasteiger partial charge in [-0.1, -0.05) is 13.3 Å². The maximum absolute atomic E-state index is 6.14. The maximum Gasteiger partial charge on any atom is 0.0334 e. The zero-order valence-corrected chi connectivity index (χ0v) is 11.0. The van der Waals surface area contributed by atoms with Crippen molar-refractivity contribution in [3.8, 4) is 0 Å². The molecule has 0 aromatic heterocycles. The van der Waals surface area contributed by atoms with Gasteiger partial charge in [0.15, 0.2) is 0 Å². The summed E-state index contributed by atoms with van der Waals surface area (Å²) in [5, 5.41) is 0. The van der Waals surface area contributed by atoms with Gasteiger partial charge in [-0.15, -0.1) is 0 Å². The fourth-order valence-electron chi connectivity index (χ4n) is 3.71. The van der Waals surface area contributed by atoms with Crippen LogP contribution in [0.25, 0.3) is 0 Å². The lowest BCUT2D eigenvalue weighted by molar-refractivity contribution is -0.00411. The van der Waals surface area contributed by atoms with Gasteiger partial charge in [0.25, 0.3) is 0 Å². The molecule has 0 amide bonds. The third-order valence-corrected chi connectivity index (χ3v) is 5.00. The summed E-state index contributed by atoms with van der Waals surface area (Å²) in [5.74, 6) is 0.916. The van der Waals surface area contributed by atoms with Gasteiger partial charge in [0.1, 0.15) is 0 Å². The Hall–Kier alpha value is -0.0800. The zero-order valence-electron chi connectivity index (χ0n) is 11.0. The van der Waals surface area contributed by atoms with Gasteiger partial charge in [-0.2, -0.15) is 0 Å². The van der Waals surface area contributed by atoms with Gasteiger partial charge in [0.05, 0.1) is 0 Å². The minimum absolute atomic E-state index is 0.354. The molecule has 94 valence electrons. The van der Waals surface area contributed by atoms with Crippen molar-refractivity contribution in [2.45, 2.75) is 70.4 Å². The molecule has 1 saturated carbocycles. The SMILES string of the molecule is CC1CCC(CN)(N2CCCCC2C)CC1. The normalized spacial score (nSPS) is 42.2. The number of likely N-dealkylation sites (tertiary alicyclic amines) is 1. The molecule has 1 heterocycles. The molecule has 0 aromatic carbocycles. The Morgan fingerprint density at radius 1 is 1.12 bits per heavy atom. The van der Waals surface area contributed by atoms with Crippen molar-refractivity contribution in [2.75, 3.05) is 13.1 Å². The molecule has 1 saturated heterocycles. The quantitative estimate of drug-likeness (QED) is 0.781. The fraction of sp³-hybridized carbons (Fsp3) is 1.00. The van der Waals surface area contributed by atoms with Crippen LogP contribution >= 0.6 is 0 Å². The summed E-state index contributed by atoms with van der Waals surface area (Å²) in [7, 11) is 0. The fourth-order valence-corrected chi connectivity index (χ4v) is 3.71. The molecular weight excluding hydrogens is 196 g/mol. The highest BCUT2D eigenvalue weighted by atomic mass is 15.2. The van der Waals surface area contributed by atoms with Crippen LogP contribution in [-0.4, -0.2) is 29.6 Å². The molecule has 16 heavy (non-hydrogen) atoms. The van der Waals surface area contributed by atoms with E-state index in [-0.39, 0.29) is 0 Å². The van der Waals surface area contributed by atoms with Crippen LogP contribution in [0, 0.1) is 5.92 Å². The number of hydrogen-bond acceptors (Lipinski definition) is 2. The van der Waals surface area contributed by atoms with Gasteiger partial charge in [-0.25, -0.2) is 0 Å². The van der Waals surface area contributed by atoms with Crippen LogP contribution in [-0.2, 0) is 0 Å². The van der Waals surface area contributed by atoms with Gasteiger partial charge >= 0.3 is 0 Å². The second kappa shape index (κ2) is 5.05. The summed E-state index contributed by atoms with van der Waals surface area (Å²) in [6.45, 7) is 6.94. The van der Waals surface area contributed by atoms with Gasteiger partial charge in [0, 0.05) is 18.1 Å². The Balaban J connectivity index is 2.07. The highest BCUT2D eigenvalue weighted by Gasteiger charge is 2.40. The Bertz CT molecular complexity index is 219. The molecule has 2 fully saturated rings. The summed E-state index contributed by atoms with van der Waals surface area (Å²) in [6.07, 6.45) is 9.57. The molecular formula is C14H28N2. The number of nitrogens with zero attached hydrogens (tertiary/aromatic N) is 1. The van der Waals surface area contributed by atoms with Crippen LogP contribution < -0.4 is 5.73 Å². The van der Waals surface area contributed by atoms with Crippen molar-refractivity contribution in [3.05, 3.63) is 0 Å². The van der Waals surface area contributed by atoms with Crippen LogP contribution in [0.15, 0.2) is 0 Å². The minimum atomic E-state index is 0.354. The lowest BCUT2D eigenvalue weighted by Crippen LogP contribution is -2.59. The summed E-state index contributed by atoms with van der Waals surface area (Å²) < 4.78 is 0. The molecule has 2 N–H and O–H groups in total. The zero-order chi connectivity index (χ0) is 11.6. The second-order valence-corrected chi connectivity index (χ2v) is 6.15. The third kappa shape index (κ3) is 2.28.